The van der Waals surface area contributed by atoms with Crippen LogP contribution >= 0.6 is 0 Å². The van der Waals surface area contributed by atoms with E-state index in [1.165, 1.54) is 18.2 Å². The monoisotopic (exact) mass is 278 g/mol. The van der Waals surface area contributed by atoms with Crippen LogP contribution in [0.1, 0.15) is 31.1 Å². The molecule has 0 radical (unpaired) electrons. The summed E-state index contributed by atoms with van der Waals surface area (Å²) < 4.78 is 0. The summed E-state index contributed by atoms with van der Waals surface area (Å²) in [6.07, 6.45) is 0. The lowest BCUT2D eigenvalue weighted by Gasteiger charge is -2.42. The minimum Gasteiger partial charge on any atom is -0.507 e. The van der Waals surface area contributed by atoms with E-state index in [1.807, 2.05) is 0 Å². The van der Waals surface area contributed by atoms with Crippen LogP contribution in [-0.2, 0) is 0 Å². The molecule has 0 saturated carbocycles. The molecule has 0 spiro atoms. The molecule has 110 valence electrons. The molecule has 1 saturated heterocycles. The Bertz CT molecular complexity index is 480. The second kappa shape index (κ2) is 5.32. The average molecular weight is 278 g/mol. The Labute approximate surface area is 119 Å². The van der Waals surface area contributed by atoms with Gasteiger partial charge in [-0.25, -0.2) is 0 Å². The van der Waals surface area contributed by atoms with E-state index in [-0.39, 0.29) is 28.5 Å². The Morgan fingerprint density at radius 3 is 2.00 bits per heavy atom. The van der Waals surface area contributed by atoms with Gasteiger partial charge in [-0.15, -0.1) is 0 Å². The zero-order valence-electron chi connectivity index (χ0n) is 12.3. The van der Waals surface area contributed by atoms with Crippen molar-refractivity contribution in [3.8, 4) is 11.5 Å². The van der Waals surface area contributed by atoms with E-state index in [2.05, 4.69) is 25.7 Å². The Kier molecular flexibility index (Phi) is 3.90. The number of phenolic OH excluding ortho intramolecular Hbond substituents is 2. The van der Waals surface area contributed by atoms with E-state index < -0.39 is 0 Å². The number of aromatic hydroxyl groups is 2. The normalized spacial score (nSPS) is 17.2. The highest BCUT2D eigenvalue weighted by Gasteiger charge is 2.30. The highest BCUT2D eigenvalue weighted by molar-refractivity contribution is 5.99. The first-order valence-electron chi connectivity index (χ1n) is 6.86. The number of piperazine rings is 1. The number of benzene rings is 1. The highest BCUT2D eigenvalue weighted by atomic mass is 16.3. The summed E-state index contributed by atoms with van der Waals surface area (Å²) in [5.41, 5.74) is 0.0864. The van der Waals surface area contributed by atoms with Gasteiger partial charge >= 0.3 is 0 Å². The van der Waals surface area contributed by atoms with Crippen LogP contribution in [0.4, 0.5) is 0 Å². The minimum absolute atomic E-state index is 0.00305. The van der Waals surface area contributed by atoms with E-state index in [0.717, 1.165) is 13.1 Å². The molecule has 2 rings (SSSR count). The van der Waals surface area contributed by atoms with Crippen molar-refractivity contribution < 1.29 is 15.0 Å². The van der Waals surface area contributed by atoms with Gasteiger partial charge in [0.2, 0.25) is 0 Å². The lowest BCUT2D eigenvalue weighted by Crippen LogP contribution is -2.54. The summed E-state index contributed by atoms with van der Waals surface area (Å²) >= 11 is 0. The summed E-state index contributed by atoms with van der Waals surface area (Å²) in [4.78, 5) is 16.4. The van der Waals surface area contributed by atoms with Crippen molar-refractivity contribution in [2.45, 2.75) is 26.3 Å². The topological polar surface area (TPSA) is 64.0 Å². The van der Waals surface area contributed by atoms with Crippen molar-refractivity contribution in [2.24, 2.45) is 0 Å². The molecule has 0 atom stereocenters. The van der Waals surface area contributed by atoms with Crippen molar-refractivity contribution in [1.82, 2.24) is 9.80 Å². The van der Waals surface area contributed by atoms with Crippen LogP contribution in [0, 0.1) is 0 Å². The van der Waals surface area contributed by atoms with Gasteiger partial charge in [0.1, 0.15) is 17.1 Å². The summed E-state index contributed by atoms with van der Waals surface area (Å²) in [7, 11) is 0. The van der Waals surface area contributed by atoms with E-state index in [1.54, 1.807) is 4.90 Å². The Hall–Kier alpha value is -1.75. The molecule has 20 heavy (non-hydrogen) atoms. The minimum atomic E-state index is -0.311. The van der Waals surface area contributed by atoms with Crippen LogP contribution in [0.3, 0.4) is 0 Å². The zero-order chi connectivity index (χ0) is 14.9. The molecule has 0 bridgehead atoms. The Morgan fingerprint density at radius 2 is 1.55 bits per heavy atom. The van der Waals surface area contributed by atoms with Crippen molar-refractivity contribution in [3.63, 3.8) is 0 Å². The summed E-state index contributed by atoms with van der Waals surface area (Å²) in [5.74, 6) is -0.657. The van der Waals surface area contributed by atoms with E-state index >= 15 is 0 Å². The maximum atomic E-state index is 12.4. The molecule has 5 nitrogen and oxygen atoms in total. The molecule has 1 heterocycles. The predicted octanol–water partition coefficient (Wildman–Crippen LogP) is 1.65. The lowest BCUT2D eigenvalue weighted by atomic mass is 10.0. The number of hydrogen-bond donors (Lipinski definition) is 2. The third kappa shape index (κ3) is 2.88. The van der Waals surface area contributed by atoms with Gasteiger partial charge in [0, 0.05) is 31.7 Å². The number of nitrogens with zero attached hydrogens (tertiary/aromatic N) is 2. The first-order valence-corrected chi connectivity index (χ1v) is 6.86. The van der Waals surface area contributed by atoms with Crippen molar-refractivity contribution in [3.05, 3.63) is 23.8 Å². The zero-order valence-corrected chi connectivity index (χ0v) is 12.3. The molecular formula is C15H22N2O3. The average Bonchev–Trinajstić information content (AvgIpc) is 2.37. The van der Waals surface area contributed by atoms with Gasteiger partial charge in [-0.3, -0.25) is 9.69 Å². The highest BCUT2D eigenvalue weighted by Crippen LogP contribution is 2.28. The van der Waals surface area contributed by atoms with Crippen LogP contribution in [0.25, 0.3) is 0 Å². The number of phenols is 2. The van der Waals surface area contributed by atoms with Gasteiger partial charge in [-0.05, 0) is 32.9 Å². The summed E-state index contributed by atoms with van der Waals surface area (Å²) in [5, 5.41) is 19.5. The second-order valence-electron chi connectivity index (χ2n) is 6.12. The molecule has 1 amide bonds. The number of hydrogen-bond acceptors (Lipinski definition) is 4. The van der Waals surface area contributed by atoms with Gasteiger partial charge < -0.3 is 15.1 Å². The third-order valence-corrected chi connectivity index (χ3v) is 3.75. The van der Waals surface area contributed by atoms with Gasteiger partial charge in [-0.1, -0.05) is 6.07 Å². The molecule has 0 aromatic heterocycles. The van der Waals surface area contributed by atoms with Crippen LogP contribution in [0.5, 0.6) is 11.5 Å². The van der Waals surface area contributed by atoms with Crippen molar-refractivity contribution in [1.29, 1.82) is 0 Å². The second-order valence-corrected chi connectivity index (χ2v) is 6.12. The van der Waals surface area contributed by atoms with E-state index in [0.29, 0.717) is 13.1 Å². The fraction of sp³-hybridized carbons (Fsp3) is 0.533. The van der Waals surface area contributed by atoms with Gasteiger partial charge in [0.05, 0.1) is 0 Å². The molecular weight excluding hydrogens is 256 g/mol. The summed E-state index contributed by atoms with van der Waals surface area (Å²) in [6, 6.07) is 4.34. The van der Waals surface area contributed by atoms with Gasteiger partial charge in [-0.2, -0.15) is 0 Å². The van der Waals surface area contributed by atoms with Gasteiger partial charge in [0.15, 0.2) is 0 Å². The van der Waals surface area contributed by atoms with Crippen molar-refractivity contribution >= 4 is 5.91 Å². The molecule has 5 heteroatoms. The van der Waals surface area contributed by atoms with E-state index in [4.69, 9.17) is 0 Å². The summed E-state index contributed by atoms with van der Waals surface area (Å²) in [6.45, 7) is 9.25. The molecule has 1 aliphatic rings. The lowest BCUT2D eigenvalue weighted by molar-refractivity contribution is 0.0446. The molecule has 1 aromatic carbocycles. The third-order valence-electron chi connectivity index (χ3n) is 3.75. The molecule has 1 fully saturated rings. The fourth-order valence-electron chi connectivity index (χ4n) is 2.49. The number of amides is 1. The van der Waals surface area contributed by atoms with Crippen molar-refractivity contribution in [2.75, 3.05) is 26.2 Å². The van der Waals surface area contributed by atoms with E-state index in [9.17, 15) is 15.0 Å². The predicted molar refractivity (Wildman–Crippen MR) is 77.0 cm³/mol. The van der Waals surface area contributed by atoms with Crippen LogP contribution < -0.4 is 0 Å². The maximum absolute atomic E-state index is 12.4. The number of rotatable bonds is 1. The Morgan fingerprint density at radius 1 is 1.05 bits per heavy atom. The number of carbonyl (C=O) groups is 1. The fourth-order valence-corrected chi connectivity index (χ4v) is 2.49. The Balaban J connectivity index is 2.09. The standard InChI is InChI=1S/C15H22N2O3/c1-15(2,3)17-9-7-16(8-10-17)14(20)13-11(18)5-4-6-12(13)19/h4-6,18-19H,7-10H2,1-3H3. The molecule has 0 aliphatic carbocycles. The maximum Gasteiger partial charge on any atom is 0.261 e. The quantitative estimate of drug-likeness (QED) is 0.820. The first kappa shape index (κ1) is 14.7. The van der Waals surface area contributed by atoms with Gasteiger partial charge in [0.25, 0.3) is 5.91 Å². The first-order chi connectivity index (χ1) is 9.30. The van der Waals surface area contributed by atoms with Crippen LogP contribution in [0.2, 0.25) is 0 Å². The SMILES string of the molecule is CC(C)(C)N1CCN(C(=O)c2c(O)cccc2O)CC1. The molecule has 1 aliphatic heterocycles. The molecule has 2 N–H and O–H groups in total. The largest absolute Gasteiger partial charge is 0.507 e. The molecule has 1 aromatic rings. The van der Waals surface area contributed by atoms with Crippen LogP contribution in [-0.4, -0.2) is 57.6 Å². The smallest absolute Gasteiger partial charge is 0.261 e. The molecule has 0 unspecified atom stereocenters. The van der Waals surface area contributed by atoms with Crippen LogP contribution in [0.15, 0.2) is 18.2 Å². The number of carbonyl (C=O) groups excluding carboxylic acids is 1.